The summed E-state index contributed by atoms with van der Waals surface area (Å²) in [6.45, 7) is 1.19. The monoisotopic (exact) mass is 479 g/mol. The molecule has 12 heteroatoms. The summed E-state index contributed by atoms with van der Waals surface area (Å²) in [5.74, 6) is -3.42. The van der Waals surface area contributed by atoms with Gasteiger partial charge in [-0.05, 0) is 30.7 Å². The van der Waals surface area contributed by atoms with Crippen molar-refractivity contribution in [2.24, 2.45) is 10.7 Å². The number of ether oxygens (including phenoxy) is 1. The minimum Gasteiger partial charge on any atom is -0.452 e. The molecule has 0 bridgehead atoms. The molecule has 3 heterocycles. The zero-order chi connectivity index (χ0) is 24.8. The molecule has 0 aliphatic carbocycles. The van der Waals surface area contributed by atoms with E-state index in [1.54, 1.807) is 0 Å². The van der Waals surface area contributed by atoms with Crippen LogP contribution in [0.15, 0.2) is 35.6 Å². The fraction of sp³-hybridized carbons (Fsp3) is 0.273. The molecular formula is C22H15F6N5O. The van der Waals surface area contributed by atoms with Crippen LogP contribution >= 0.6 is 0 Å². The van der Waals surface area contributed by atoms with Crippen LogP contribution in [0.3, 0.4) is 0 Å². The normalized spacial score (nSPS) is 20.5. The van der Waals surface area contributed by atoms with Gasteiger partial charge in [0.1, 0.15) is 6.07 Å². The Labute approximate surface area is 188 Å². The van der Waals surface area contributed by atoms with Crippen LogP contribution < -0.4 is 5.73 Å². The molecule has 34 heavy (non-hydrogen) atoms. The zero-order valence-electron chi connectivity index (χ0n) is 17.4. The van der Waals surface area contributed by atoms with Crippen molar-refractivity contribution in [1.82, 2.24) is 9.97 Å². The van der Waals surface area contributed by atoms with Crippen LogP contribution in [-0.2, 0) is 16.7 Å². The van der Waals surface area contributed by atoms with Gasteiger partial charge in [-0.2, -0.15) is 18.4 Å². The van der Waals surface area contributed by atoms with Crippen molar-refractivity contribution in [2.45, 2.75) is 37.6 Å². The average molecular weight is 479 g/mol. The molecule has 2 N–H and O–H groups in total. The Morgan fingerprint density at radius 2 is 1.88 bits per heavy atom. The number of nitriles is 1. The Hall–Kier alpha value is -3.88. The van der Waals surface area contributed by atoms with Crippen molar-refractivity contribution < 1.29 is 31.1 Å². The quantitative estimate of drug-likeness (QED) is 0.562. The number of amidine groups is 1. The first-order valence-corrected chi connectivity index (χ1v) is 9.81. The fourth-order valence-corrected chi connectivity index (χ4v) is 3.88. The number of benzene rings is 1. The summed E-state index contributed by atoms with van der Waals surface area (Å²) in [6, 6.07) is 4.33. The predicted octanol–water partition coefficient (Wildman–Crippen LogP) is 4.39. The molecule has 0 saturated heterocycles. The van der Waals surface area contributed by atoms with Crippen molar-refractivity contribution >= 4 is 16.9 Å². The van der Waals surface area contributed by atoms with Gasteiger partial charge in [0.15, 0.2) is 23.6 Å². The number of pyridine rings is 2. The standard InChI is InChI=1S/C22H15F6N5O/c1-21(6-17(22(26,27)28)34-20(30)33-21)13-3-10(4-14(23)18(13)25)5-16-19-12(15(24)9-31-16)2-11(7-29)8-32-19/h2-4,8-9,17H,5-6H2,1H3,(H2,30,33)/t17-,21-/m0/s1. The minimum absolute atomic E-state index is 0.00800. The Morgan fingerprint density at radius 1 is 1.15 bits per heavy atom. The van der Waals surface area contributed by atoms with Crippen LogP contribution in [-0.4, -0.2) is 28.3 Å². The number of aliphatic imine (C=N–C) groups is 1. The lowest BCUT2D eigenvalue weighted by molar-refractivity contribution is -0.208. The largest absolute Gasteiger partial charge is 0.452 e. The van der Waals surface area contributed by atoms with E-state index in [4.69, 9.17) is 11.0 Å². The van der Waals surface area contributed by atoms with Gasteiger partial charge in [0.25, 0.3) is 6.02 Å². The Kier molecular flexibility index (Phi) is 5.59. The van der Waals surface area contributed by atoms with Gasteiger partial charge in [0, 0.05) is 30.0 Å². The summed E-state index contributed by atoms with van der Waals surface area (Å²) in [4.78, 5) is 11.9. The molecule has 0 spiro atoms. The minimum atomic E-state index is -4.81. The highest BCUT2D eigenvalue weighted by atomic mass is 19.4. The lowest BCUT2D eigenvalue weighted by Crippen LogP contribution is -2.46. The van der Waals surface area contributed by atoms with Crippen molar-refractivity contribution in [3.05, 3.63) is 70.4 Å². The summed E-state index contributed by atoms with van der Waals surface area (Å²) in [5.41, 5.74) is 3.62. The van der Waals surface area contributed by atoms with Gasteiger partial charge < -0.3 is 10.5 Å². The number of fused-ring (bicyclic) bond motifs is 1. The van der Waals surface area contributed by atoms with Crippen LogP contribution in [0.2, 0.25) is 0 Å². The number of rotatable bonds is 3. The summed E-state index contributed by atoms with van der Waals surface area (Å²) in [5, 5.41) is 9.02. The highest BCUT2D eigenvalue weighted by Crippen LogP contribution is 2.41. The maximum Gasteiger partial charge on any atom is 0.425 e. The number of alkyl halides is 3. The van der Waals surface area contributed by atoms with Crippen molar-refractivity contribution in [3.8, 4) is 6.07 Å². The molecule has 2 aromatic heterocycles. The zero-order valence-corrected chi connectivity index (χ0v) is 17.4. The highest BCUT2D eigenvalue weighted by molar-refractivity contribution is 5.82. The molecule has 3 aromatic rings. The van der Waals surface area contributed by atoms with E-state index in [-0.39, 0.29) is 34.1 Å². The molecule has 0 unspecified atom stereocenters. The first-order valence-electron chi connectivity index (χ1n) is 9.81. The van der Waals surface area contributed by atoms with Crippen LogP contribution in [0.1, 0.15) is 35.7 Å². The molecule has 0 amide bonds. The van der Waals surface area contributed by atoms with E-state index in [0.717, 1.165) is 18.3 Å². The number of nitrogens with zero attached hydrogens (tertiary/aromatic N) is 4. The van der Waals surface area contributed by atoms with Gasteiger partial charge in [0.2, 0.25) is 0 Å². The third-order valence-corrected chi connectivity index (χ3v) is 5.49. The molecule has 1 aromatic carbocycles. The third-order valence-electron chi connectivity index (χ3n) is 5.49. The van der Waals surface area contributed by atoms with Gasteiger partial charge in [-0.25, -0.2) is 18.2 Å². The molecule has 176 valence electrons. The van der Waals surface area contributed by atoms with E-state index in [2.05, 4.69) is 19.7 Å². The van der Waals surface area contributed by atoms with Crippen LogP contribution in [0, 0.1) is 28.8 Å². The smallest absolute Gasteiger partial charge is 0.425 e. The van der Waals surface area contributed by atoms with Crippen molar-refractivity contribution in [2.75, 3.05) is 0 Å². The van der Waals surface area contributed by atoms with E-state index in [0.29, 0.717) is 0 Å². The van der Waals surface area contributed by atoms with Crippen LogP contribution in [0.25, 0.3) is 10.9 Å². The van der Waals surface area contributed by atoms with Gasteiger partial charge in [0.05, 0.1) is 28.5 Å². The molecule has 0 saturated carbocycles. The van der Waals surface area contributed by atoms with E-state index < -0.39 is 53.3 Å². The molecule has 6 nitrogen and oxygen atoms in total. The molecule has 0 radical (unpaired) electrons. The fourth-order valence-electron chi connectivity index (χ4n) is 3.88. The van der Waals surface area contributed by atoms with Gasteiger partial charge in [-0.3, -0.25) is 9.97 Å². The number of hydrogen-bond acceptors (Lipinski definition) is 6. The Morgan fingerprint density at radius 3 is 2.56 bits per heavy atom. The second-order valence-corrected chi connectivity index (χ2v) is 7.98. The number of aromatic nitrogens is 2. The van der Waals surface area contributed by atoms with E-state index >= 15 is 0 Å². The Balaban J connectivity index is 1.79. The van der Waals surface area contributed by atoms with Crippen LogP contribution in [0.4, 0.5) is 26.3 Å². The maximum absolute atomic E-state index is 14.8. The van der Waals surface area contributed by atoms with Crippen molar-refractivity contribution in [1.29, 1.82) is 5.26 Å². The molecule has 1 aliphatic heterocycles. The van der Waals surface area contributed by atoms with E-state index in [9.17, 15) is 26.3 Å². The van der Waals surface area contributed by atoms with Gasteiger partial charge >= 0.3 is 6.18 Å². The SMILES string of the molecule is C[C@@]1(c2cc(Cc3ncc(F)c4cc(C#N)cnc34)cc(F)c2F)C[C@@H](C(F)(F)F)OC(N)=N1. The molecule has 1 aliphatic rings. The van der Waals surface area contributed by atoms with Crippen LogP contribution in [0.5, 0.6) is 0 Å². The summed E-state index contributed by atoms with van der Waals surface area (Å²) in [6.07, 6.45) is -6.04. The molecule has 0 fully saturated rings. The van der Waals surface area contributed by atoms with Gasteiger partial charge in [-0.1, -0.05) is 0 Å². The predicted molar refractivity (Wildman–Crippen MR) is 108 cm³/mol. The number of hydrogen-bond donors (Lipinski definition) is 1. The first-order chi connectivity index (χ1) is 15.9. The highest BCUT2D eigenvalue weighted by Gasteiger charge is 2.50. The molecular weight excluding hydrogens is 464 g/mol. The summed E-state index contributed by atoms with van der Waals surface area (Å²) < 4.78 is 87.9. The lowest BCUT2D eigenvalue weighted by Gasteiger charge is -2.36. The number of nitrogens with two attached hydrogens (primary N) is 1. The average Bonchev–Trinajstić information content (AvgIpc) is 2.76. The number of halogens is 6. The van der Waals surface area contributed by atoms with E-state index in [1.165, 1.54) is 19.2 Å². The van der Waals surface area contributed by atoms with Gasteiger partial charge in [-0.15, -0.1) is 0 Å². The summed E-state index contributed by atoms with van der Waals surface area (Å²) in [7, 11) is 0. The summed E-state index contributed by atoms with van der Waals surface area (Å²) >= 11 is 0. The topological polar surface area (TPSA) is 97.2 Å². The lowest BCUT2D eigenvalue weighted by atomic mass is 9.84. The first kappa shape index (κ1) is 23.3. The molecule has 4 rings (SSSR count). The maximum atomic E-state index is 14.8. The molecule has 2 atom stereocenters. The second kappa shape index (κ2) is 8.16. The third kappa shape index (κ3) is 4.21. The van der Waals surface area contributed by atoms with E-state index in [1.807, 2.05) is 6.07 Å². The second-order valence-electron chi connectivity index (χ2n) is 7.98. The van der Waals surface area contributed by atoms with Crippen molar-refractivity contribution in [3.63, 3.8) is 0 Å². The Bertz CT molecular complexity index is 1370.